The fraction of sp³-hybridized carbons (Fsp3) is 0.556. The lowest BCUT2D eigenvalue weighted by atomic mass is 10.2. The Kier molecular flexibility index (Phi) is 3.17. The Morgan fingerprint density at radius 3 is 3.27 bits per heavy atom. The van der Waals surface area contributed by atoms with Crippen LogP contribution in [0.1, 0.15) is 18.5 Å². The second-order valence-electron chi connectivity index (χ2n) is 3.40. The number of rotatable bonds is 3. The van der Waals surface area contributed by atoms with Crippen LogP contribution < -0.4 is 11.1 Å². The standard InChI is InChI=1S/C9H13N3O2S/c10-9-12-6(5-15-9)4-11-8(13)7-2-1-3-14-7/h5,7H,1-4H2,(H2,10,12)(H,11,13). The highest BCUT2D eigenvalue weighted by Crippen LogP contribution is 2.13. The molecule has 1 amide bonds. The van der Waals surface area contributed by atoms with Crippen molar-refractivity contribution in [2.24, 2.45) is 0 Å². The van der Waals surface area contributed by atoms with Gasteiger partial charge in [-0.25, -0.2) is 4.98 Å². The highest BCUT2D eigenvalue weighted by molar-refractivity contribution is 7.13. The third kappa shape index (κ3) is 2.66. The lowest BCUT2D eigenvalue weighted by molar-refractivity contribution is -0.130. The molecule has 1 atom stereocenters. The van der Waals surface area contributed by atoms with Gasteiger partial charge in [-0.3, -0.25) is 4.79 Å². The van der Waals surface area contributed by atoms with Crippen molar-refractivity contribution in [1.29, 1.82) is 0 Å². The van der Waals surface area contributed by atoms with E-state index in [0.717, 1.165) is 18.5 Å². The number of carbonyl (C=O) groups excluding carboxylic acids is 1. The molecule has 0 radical (unpaired) electrons. The summed E-state index contributed by atoms with van der Waals surface area (Å²) in [6.45, 7) is 1.11. The Morgan fingerprint density at radius 1 is 1.80 bits per heavy atom. The minimum Gasteiger partial charge on any atom is -0.375 e. The Hall–Kier alpha value is -1.14. The first-order chi connectivity index (χ1) is 7.25. The summed E-state index contributed by atoms with van der Waals surface area (Å²) in [5.41, 5.74) is 6.27. The Labute approximate surface area is 91.6 Å². The van der Waals surface area contributed by atoms with Crippen molar-refractivity contribution >= 4 is 22.4 Å². The van der Waals surface area contributed by atoms with Crippen molar-refractivity contribution in [3.63, 3.8) is 0 Å². The van der Waals surface area contributed by atoms with Crippen LogP contribution in [-0.4, -0.2) is 23.6 Å². The average molecular weight is 227 g/mol. The van der Waals surface area contributed by atoms with Crippen molar-refractivity contribution in [2.45, 2.75) is 25.5 Å². The van der Waals surface area contributed by atoms with Crippen molar-refractivity contribution in [2.75, 3.05) is 12.3 Å². The average Bonchev–Trinajstić information content (AvgIpc) is 2.84. The van der Waals surface area contributed by atoms with Crippen LogP contribution in [0.3, 0.4) is 0 Å². The molecule has 2 rings (SSSR count). The van der Waals surface area contributed by atoms with E-state index in [1.165, 1.54) is 11.3 Å². The molecule has 1 saturated heterocycles. The van der Waals surface area contributed by atoms with E-state index in [1.807, 2.05) is 5.38 Å². The van der Waals surface area contributed by atoms with E-state index in [-0.39, 0.29) is 12.0 Å². The van der Waals surface area contributed by atoms with Gasteiger partial charge in [-0.15, -0.1) is 11.3 Å². The molecule has 1 fully saturated rings. The highest BCUT2D eigenvalue weighted by atomic mass is 32.1. The van der Waals surface area contributed by atoms with Crippen LogP contribution in [0.2, 0.25) is 0 Å². The predicted molar refractivity (Wildman–Crippen MR) is 57.3 cm³/mol. The van der Waals surface area contributed by atoms with Crippen molar-refractivity contribution in [3.05, 3.63) is 11.1 Å². The Bertz CT molecular complexity index is 347. The first-order valence-corrected chi connectivity index (χ1v) is 5.73. The zero-order chi connectivity index (χ0) is 10.7. The van der Waals surface area contributed by atoms with Crippen LogP contribution in [0.25, 0.3) is 0 Å². The van der Waals surface area contributed by atoms with E-state index < -0.39 is 0 Å². The van der Waals surface area contributed by atoms with Gasteiger partial charge in [-0.1, -0.05) is 0 Å². The topological polar surface area (TPSA) is 77.2 Å². The third-order valence-electron chi connectivity index (χ3n) is 2.24. The molecule has 15 heavy (non-hydrogen) atoms. The molecule has 2 heterocycles. The number of ether oxygens (including phenoxy) is 1. The minimum absolute atomic E-state index is 0.0564. The summed E-state index contributed by atoms with van der Waals surface area (Å²) in [6.07, 6.45) is 1.49. The van der Waals surface area contributed by atoms with Gasteiger partial charge in [0.25, 0.3) is 0 Å². The number of anilines is 1. The van der Waals surface area contributed by atoms with E-state index in [1.54, 1.807) is 0 Å². The quantitative estimate of drug-likeness (QED) is 0.789. The van der Waals surface area contributed by atoms with Crippen molar-refractivity contribution in [1.82, 2.24) is 10.3 Å². The van der Waals surface area contributed by atoms with E-state index in [4.69, 9.17) is 10.5 Å². The van der Waals surface area contributed by atoms with Gasteiger partial charge in [0.05, 0.1) is 12.2 Å². The fourth-order valence-corrected chi connectivity index (χ4v) is 2.04. The number of nitrogens with zero attached hydrogens (tertiary/aromatic N) is 1. The minimum atomic E-state index is -0.277. The second kappa shape index (κ2) is 4.59. The van der Waals surface area contributed by atoms with E-state index >= 15 is 0 Å². The molecule has 0 bridgehead atoms. The SMILES string of the molecule is Nc1nc(CNC(=O)C2CCCO2)cs1. The maximum absolute atomic E-state index is 11.5. The summed E-state index contributed by atoms with van der Waals surface area (Å²) >= 11 is 1.37. The number of hydrogen-bond donors (Lipinski definition) is 2. The molecule has 0 aromatic carbocycles. The van der Waals surface area contributed by atoms with Gasteiger partial charge in [-0.2, -0.15) is 0 Å². The van der Waals surface area contributed by atoms with Crippen LogP contribution in [0.4, 0.5) is 5.13 Å². The second-order valence-corrected chi connectivity index (χ2v) is 4.29. The Balaban J connectivity index is 1.80. The molecule has 1 aromatic rings. The molecule has 3 N–H and O–H groups in total. The molecule has 0 aliphatic carbocycles. The number of amides is 1. The third-order valence-corrected chi connectivity index (χ3v) is 2.96. The number of hydrogen-bond acceptors (Lipinski definition) is 5. The van der Waals surface area contributed by atoms with Crippen LogP contribution in [0.15, 0.2) is 5.38 Å². The molecule has 1 aliphatic heterocycles. The highest BCUT2D eigenvalue weighted by Gasteiger charge is 2.23. The number of nitrogens with two attached hydrogens (primary N) is 1. The van der Waals surface area contributed by atoms with Gasteiger partial charge in [-0.05, 0) is 12.8 Å². The first kappa shape index (κ1) is 10.4. The van der Waals surface area contributed by atoms with Gasteiger partial charge < -0.3 is 15.8 Å². The number of aromatic nitrogens is 1. The largest absolute Gasteiger partial charge is 0.375 e. The number of nitrogen functional groups attached to an aromatic ring is 1. The monoisotopic (exact) mass is 227 g/mol. The van der Waals surface area contributed by atoms with Gasteiger partial charge in [0.2, 0.25) is 5.91 Å². The molecule has 0 spiro atoms. The normalized spacial score (nSPS) is 20.4. The van der Waals surface area contributed by atoms with Gasteiger partial charge in [0.15, 0.2) is 5.13 Å². The predicted octanol–water partition coefficient (Wildman–Crippen LogP) is 0.520. The molecule has 6 heteroatoms. The van der Waals surface area contributed by atoms with Crippen molar-refractivity contribution in [3.8, 4) is 0 Å². The molecule has 82 valence electrons. The summed E-state index contributed by atoms with van der Waals surface area (Å²) in [6, 6.07) is 0. The molecule has 5 nitrogen and oxygen atoms in total. The van der Waals surface area contributed by atoms with Crippen LogP contribution >= 0.6 is 11.3 Å². The lowest BCUT2D eigenvalue weighted by Gasteiger charge is -2.08. The summed E-state index contributed by atoms with van der Waals surface area (Å²) in [5, 5.41) is 5.14. The molecular formula is C9H13N3O2S. The van der Waals surface area contributed by atoms with Crippen molar-refractivity contribution < 1.29 is 9.53 Å². The van der Waals surface area contributed by atoms with Gasteiger partial charge in [0.1, 0.15) is 6.10 Å². The Morgan fingerprint density at radius 2 is 2.67 bits per heavy atom. The molecular weight excluding hydrogens is 214 g/mol. The first-order valence-electron chi connectivity index (χ1n) is 4.85. The van der Waals surface area contributed by atoms with Crippen LogP contribution in [0.5, 0.6) is 0 Å². The zero-order valence-corrected chi connectivity index (χ0v) is 9.05. The molecule has 1 aliphatic rings. The maximum Gasteiger partial charge on any atom is 0.249 e. The van der Waals surface area contributed by atoms with E-state index in [0.29, 0.717) is 18.3 Å². The van der Waals surface area contributed by atoms with E-state index in [9.17, 15) is 4.79 Å². The summed E-state index contributed by atoms with van der Waals surface area (Å²) in [4.78, 5) is 15.6. The lowest BCUT2D eigenvalue weighted by Crippen LogP contribution is -2.33. The summed E-state index contributed by atoms with van der Waals surface area (Å²) < 4.78 is 5.25. The fourth-order valence-electron chi connectivity index (χ4n) is 1.48. The van der Waals surface area contributed by atoms with Crippen LogP contribution in [0, 0.1) is 0 Å². The smallest absolute Gasteiger partial charge is 0.249 e. The summed E-state index contributed by atoms with van der Waals surface area (Å²) in [7, 11) is 0. The van der Waals surface area contributed by atoms with Gasteiger partial charge >= 0.3 is 0 Å². The number of thiazole rings is 1. The maximum atomic E-state index is 11.5. The van der Waals surface area contributed by atoms with Crippen LogP contribution in [-0.2, 0) is 16.1 Å². The molecule has 1 aromatic heterocycles. The number of carbonyl (C=O) groups is 1. The summed E-state index contributed by atoms with van der Waals surface area (Å²) in [5.74, 6) is -0.0564. The number of nitrogens with one attached hydrogen (secondary N) is 1. The molecule has 0 saturated carbocycles. The van der Waals surface area contributed by atoms with Gasteiger partial charge in [0, 0.05) is 12.0 Å². The molecule has 1 unspecified atom stereocenters. The zero-order valence-electron chi connectivity index (χ0n) is 8.23. The van der Waals surface area contributed by atoms with E-state index in [2.05, 4.69) is 10.3 Å².